The van der Waals surface area contributed by atoms with Crippen LogP contribution in [0.5, 0.6) is 5.75 Å². The molecular weight excluding hydrogens is 206 g/mol. The molecule has 0 atom stereocenters. The van der Waals surface area contributed by atoms with Crippen LogP contribution in [-0.2, 0) is 4.79 Å². The van der Waals surface area contributed by atoms with E-state index in [4.69, 9.17) is 5.73 Å². The zero-order chi connectivity index (χ0) is 11.7. The van der Waals surface area contributed by atoms with Gasteiger partial charge in [-0.15, -0.1) is 0 Å². The molecule has 1 aromatic heterocycles. The number of aromatic nitrogens is 1. The summed E-state index contributed by atoms with van der Waals surface area (Å²) in [6.07, 6.45) is 1.79. The molecule has 1 amide bonds. The molecule has 0 aliphatic rings. The summed E-state index contributed by atoms with van der Waals surface area (Å²) in [6.45, 7) is 1.85. The van der Waals surface area contributed by atoms with E-state index in [1.165, 1.54) is 0 Å². The second-order valence-electron chi connectivity index (χ2n) is 3.62. The fourth-order valence-corrected chi connectivity index (χ4v) is 1.66. The Morgan fingerprint density at radius 2 is 2.31 bits per heavy atom. The van der Waals surface area contributed by atoms with Gasteiger partial charge in [0.25, 0.3) is 5.91 Å². The van der Waals surface area contributed by atoms with E-state index in [9.17, 15) is 9.90 Å². The van der Waals surface area contributed by atoms with Crippen LogP contribution in [-0.4, -0.2) is 22.2 Å². The minimum atomic E-state index is -0.259. The summed E-state index contributed by atoms with van der Waals surface area (Å²) >= 11 is 0. The molecule has 5 heteroatoms. The number of nitrogens with one attached hydrogen (secondary N) is 1. The van der Waals surface area contributed by atoms with Crippen LogP contribution in [0.1, 0.15) is 5.56 Å². The molecule has 0 saturated heterocycles. The summed E-state index contributed by atoms with van der Waals surface area (Å²) in [6, 6.07) is 4.98. The number of hydrogen-bond acceptors (Lipinski definition) is 3. The molecule has 0 saturated carbocycles. The summed E-state index contributed by atoms with van der Waals surface area (Å²) in [5.74, 6) is -0.0523. The van der Waals surface area contributed by atoms with Crippen molar-refractivity contribution in [1.29, 1.82) is 0 Å². The molecule has 0 aliphatic carbocycles. The molecule has 0 spiro atoms. The topological polar surface area (TPSA) is 80.3 Å². The van der Waals surface area contributed by atoms with Crippen LogP contribution in [0.3, 0.4) is 0 Å². The van der Waals surface area contributed by atoms with Gasteiger partial charge in [0.05, 0.1) is 12.1 Å². The molecule has 0 fully saturated rings. The number of benzene rings is 1. The van der Waals surface area contributed by atoms with Crippen LogP contribution in [0.15, 0.2) is 24.4 Å². The Hall–Kier alpha value is -2.01. The van der Waals surface area contributed by atoms with E-state index in [0.717, 1.165) is 16.5 Å². The van der Waals surface area contributed by atoms with E-state index in [2.05, 4.69) is 5.43 Å². The quantitative estimate of drug-likeness (QED) is 0.695. The van der Waals surface area contributed by atoms with Crippen molar-refractivity contribution < 1.29 is 9.90 Å². The zero-order valence-electron chi connectivity index (χ0n) is 8.90. The highest BCUT2D eigenvalue weighted by Gasteiger charge is 2.07. The Balaban J connectivity index is 2.51. The first-order valence-corrected chi connectivity index (χ1v) is 4.92. The second-order valence-corrected chi connectivity index (χ2v) is 3.62. The lowest BCUT2D eigenvalue weighted by atomic mass is 10.2. The van der Waals surface area contributed by atoms with Crippen molar-refractivity contribution in [1.82, 2.24) is 4.68 Å². The maximum atomic E-state index is 11.2. The Morgan fingerprint density at radius 3 is 3.00 bits per heavy atom. The number of fused-ring (bicyclic) bond motifs is 1. The van der Waals surface area contributed by atoms with E-state index in [1.54, 1.807) is 29.1 Å². The Labute approximate surface area is 92.4 Å². The van der Waals surface area contributed by atoms with Gasteiger partial charge in [-0.2, -0.15) is 0 Å². The summed E-state index contributed by atoms with van der Waals surface area (Å²) in [5, 5.41) is 10.3. The van der Waals surface area contributed by atoms with Crippen molar-refractivity contribution in [2.45, 2.75) is 6.92 Å². The van der Waals surface area contributed by atoms with Crippen LogP contribution in [0.2, 0.25) is 0 Å². The molecule has 84 valence electrons. The van der Waals surface area contributed by atoms with Crippen LogP contribution in [0, 0.1) is 6.92 Å². The van der Waals surface area contributed by atoms with Crippen LogP contribution in [0.25, 0.3) is 10.9 Å². The fourth-order valence-electron chi connectivity index (χ4n) is 1.66. The average molecular weight is 219 g/mol. The van der Waals surface area contributed by atoms with E-state index in [-0.39, 0.29) is 18.2 Å². The van der Waals surface area contributed by atoms with Crippen molar-refractivity contribution in [2.24, 2.45) is 5.73 Å². The van der Waals surface area contributed by atoms with Gasteiger partial charge in [-0.3, -0.25) is 14.9 Å². The highest BCUT2D eigenvalue weighted by atomic mass is 16.3. The number of phenols is 1. The Morgan fingerprint density at radius 1 is 1.56 bits per heavy atom. The van der Waals surface area contributed by atoms with E-state index >= 15 is 0 Å². The van der Waals surface area contributed by atoms with Crippen molar-refractivity contribution >= 4 is 16.8 Å². The molecule has 5 nitrogen and oxygen atoms in total. The lowest BCUT2D eigenvalue weighted by Gasteiger charge is -2.06. The first-order chi connectivity index (χ1) is 7.61. The van der Waals surface area contributed by atoms with Crippen LogP contribution < -0.4 is 11.2 Å². The molecule has 0 aliphatic heterocycles. The fraction of sp³-hybridized carbons (Fsp3) is 0.182. The molecule has 0 radical (unpaired) electrons. The lowest BCUT2D eigenvalue weighted by Crippen LogP contribution is -2.28. The Kier molecular flexibility index (Phi) is 2.54. The summed E-state index contributed by atoms with van der Waals surface area (Å²) in [4.78, 5) is 11.2. The molecule has 1 heterocycles. The molecule has 16 heavy (non-hydrogen) atoms. The number of nitrogens with two attached hydrogens (primary N) is 1. The molecular formula is C11H13N3O2. The third-order valence-electron chi connectivity index (χ3n) is 2.42. The Bertz CT molecular complexity index is 545. The van der Waals surface area contributed by atoms with Crippen molar-refractivity contribution in [3.05, 3.63) is 30.0 Å². The van der Waals surface area contributed by atoms with Crippen LogP contribution >= 0.6 is 0 Å². The number of carbonyl (C=O) groups excluding carboxylic acids is 1. The minimum Gasteiger partial charge on any atom is -0.508 e. The van der Waals surface area contributed by atoms with Gasteiger partial charge in [0, 0.05) is 11.6 Å². The summed E-state index contributed by atoms with van der Waals surface area (Å²) < 4.78 is 1.61. The van der Waals surface area contributed by atoms with Gasteiger partial charge in [-0.25, -0.2) is 0 Å². The smallest absolute Gasteiger partial charge is 0.252 e. The predicted octanol–water partition coefficient (Wildman–Crippen LogP) is 0.684. The first-order valence-electron chi connectivity index (χ1n) is 4.92. The molecule has 0 unspecified atom stereocenters. The van der Waals surface area contributed by atoms with Crippen molar-refractivity contribution in [2.75, 3.05) is 12.0 Å². The first kappa shape index (κ1) is 10.5. The van der Waals surface area contributed by atoms with E-state index < -0.39 is 0 Å². The van der Waals surface area contributed by atoms with Gasteiger partial charge in [-0.1, -0.05) is 0 Å². The van der Waals surface area contributed by atoms with E-state index in [1.807, 2.05) is 6.92 Å². The third kappa shape index (κ3) is 1.72. The maximum absolute atomic E-state index is 11.2. The van der Waals surface area contributed by atoms with Gasteiger partial charge in [-0.05, 0) is 30.7 Å². The highest BCUT2D eigenvalue weighted by Crippen LogP contribution is 2.23. The van der Waals surface area contributed by atoms with Gasteiger partial charge in [0.15, 0.2) is 0 Å². The molecule has 0 bridgehead atoms. The van der Waals surface area contributed by atoms with Crippen molar-refractivity contribution in [3.63, 3.8) is 0 Å². The standard InChI is InChI=1S/C11H13N3O2/c1-7-6-14(13-11(16)5-12)10-3-2-8(15)4-9(7)10/h2-4,6,15H,5,12H2,1H3,(H,13,16). The third-order valence-corrected chi connectivity index (χ3v) is 2.42. The van der Waals surface area contributed by atoms with Gasteiger partial charge >= 0.3 is 0 Å². The number of aryl methyl sites for hydroxylation is 1. The van der Waals surface area contributed by atoms with Gasteiger partial charge < -0.3 is 10.8 Å². The molecule has 4 N–H and O–H groups in total. The zero-order valence-corrected chi connectivity index (χ0v) is 8.90. The highest BCUT2D eigenvalue weighted by molar-refractivity contribution is 5.90. The average Bonchev–Trinajstić information content (AvgIpc) is 2.55. The number of amides is 1. The lowest BCUT2D eigenvalue weighted by molar-refractivity contribution is -0.115. The summed E-state index contributed by atoms with van der Waals surface area (Å²) in [5.41, 5.74) is 9.68. The number of rotatable bonds is 2. The number of aromatic hydroxyl groups is 1. The number of nitrogens with zero attached hydrogens (tertiary/aromatic N) is 1. The number of phenolic OH excluding ortho intramolecular Hbond substituents is 1. The van der Waals surface area contributed by atoms with E-state index in [0.29, 0.717) is 0 Å². The minimum absolute atomic E-state index is 0.0587. The normalized spacial score (nSPS) is 10.6. The maximum Gasteiger partial charge on any atom is 0.252 e. The number of hydrogen-bond donors (Lipinski definition) is 3. The van der Waals surface area contributed by atoms with Gasteiger partial charge in [0.2, 0.25) is 0 Å². The van der Waals surface area contributed by atoms with Gasteiger partial charge in [0.1, 0.15) is 5.75 Å². The molecule has 1 aromatic carbocycles. The predicted molar refractivity (Wildman–Crippen MR) is 61.8 cm³/mol. The molecule has 2 rings (SSSR count). The molecule has 2 aromatic rings. The second kappa shape index (κ2) is 3.86. The number of carbonyl (C=O) groups is 1. The van der Waals surface area contributed by atoms with Crippen LogP contribution in [0.4, 0.5) is 0 Å². The van der Waals surface area contributed by atoms with Crippen molar-refractivity contribution in [3.8, 4) is 5.75 Å². The largest absolute Gasteiger partial charge is 0.508 e. The summed E-state index contributed by atoms with van der Waals surface area (Å²) in [7, 11) is 0. The SMILES string of the molecule is Cc1cn(NC(=O)CN)c2ccc(O)cc12. The monoisotopic (exact) mass is 219 g/mol.